The van der Waals surface area contributed by atoms with E-state index in [0.29, 0.717) is 11.4 Å². The van der Waals surface area contributed by atoms with Gasteiger partial charge in [0.2, 0.25) is 11.8 Å². The fraction of sp³-hybridized carbons (Fsp3) is 0.211. The van der Waals surface area contributed by atoms with E-state index in [1.54, 1.807) is 0 Å². The van der Waals surface area contributed by atoms with Crippen LogP contribution in [0, 0.1) is 0 Å². The number of carbonyl (C=O) groups is 3. The summed E-state index contributed by atoms with van der Waals surface area (Å²) in [6, 6.07) is 8.22. The zero-order chi connectivity index (χ0) is 23.0. The van der Waals surface area contributed by atoms with Gasteiger partial charge in [0, 0.05) is 29.9 Å². The van der Waals surface area contributed by atoms with E-state index in [0.717, 1.165) is 12.1 Å². The van der Waals surface area contributed by atoms with E-state index in [9.17, 15) is 27.6 Å². The van der Waals surface area contributed by atoms with Crippen LogP contribution in [0.1, 0.15) is 24.8 Å². The van der Waals surface area contributed by atoms with Gasteiger partial charge >= 0.3 is 12.2 Å². The van der Waals surface area contributed by atoms with Gasteiger partial charge in [0.25, 0.3) is 0 Å². The summed E-state index contributed by atoms with van der Waals surface area (Å²) in [7, 11) is 0. The summed E-state index contributed by atoms with van der Waals surface area (Å²) in [6.45, 7) is 0. The summed E-state index contributed by atoms with van der Waals surface area (Å²) >= 11 is 5.54. The van der Waals surface area contributed by atoms with Crippen molar-refractivity contribution in [2.45, 2.75) is 25.4 Å². The van der Waals surface area contributed by atoms with Gasteiger partial charge in [-0.3, -0.25) is 14.8 Å². The molecule has 5 N–H and O–H groups in total. The monoisotopic (exact) mass is 458 g/mol. The van der Waals surface area contributed by atoms with Gasteiger partial charge in [0.15, 0.2) is 0 Å². The lowest BCUT2D eigenvalue weighted by atomic mass is 10.2. The number of carbonyl (C=O) groups excluding carboxylic acids is 3. The highest BCUT2D eigenvalue weighted by molar-refractivity contribution is 6.31. The van der Waals surface area contributed by atoms with E-state index < -0.39 is 28.7 Å². The average molecular weight is 459 g/mol. The second kappa shape index (κ2) is 10.6. The fourth-order valence-corrected chi connectivity index (χ4v) is 2.66. The Bertz CT molecular complexity index is 952. The molecule has 0 aliphatic rings. The highest BCUT2D eigenvalue weighted by Gasteiger charge is 2.33. The first-order valence-electron chi connectivity index (χ1n) is 8.86. The molecule has 2 aromatic rings. The Kier molecular flexibility index (Phi) is 8.22. The van der Waals surface area contributed by atoms with Crippen LogP contribution < -0.4 is 21.4 Å². The molecule has 0 aromatic heterocycles. The summed E-state index contributed by atoms with van der Waals surface area (Å²) in [5.74, 6) is -0.929. The van der Waals surface area contributed by atoms with Crippen molar-refractivity contribution in [1.82, 2.24) is 5.48 Å². The van der Waals surface area contributed by atoms with Crippen LogP contribution in [0.3, 0.4) is 0 Å². The number of hydrogen-bond donors (Lipinski definition) is 5. The quantitative estimate of drug-likeness (QED) is 0.307. The van der Waals surface area contributed by atoms with Crippen molar-refractivity contribution in [1.29, 1.82) is 0 Å². The molecule has 166 valence electrons. The lowest BCUT2D eigenvalue weighted by molar-refractivity contribution is -0.137. The van der Waals surface area contributed by atoms with Crippen LogP contribution in [0.4, 0.5) is 35.0 Å². The molecule has 0 spiro atoms. The second-order valence-electron chi connectivity index (χ2n) is 6.29. The van der Waals surface area contributed by atoms with Crippen LogP contribution in [0.15, 0.2) is 42.5 Å². The van der Waals surface area contributed by atoms with Crippen LogP contribution in [0.25, 0.3) is 0 Å². The smallest absolute Gasteiger partial charge is 0.326 e. The Morgan fingerprint density at radius 3 is 1.94 bits per heavy atom. The normalized spacial score (nSPS) is 10.9. The first-order chi connectivity index (χ1) is 14.6. The Labute approximate surface area is 179 Å². The number of urea groups is 1. The van der Waals surface area contributed by atoms with Gasteiger partial charge in [-0.15, -0.1) is 0 Å². The van der Waals surface area contributed by atoms with Crippen molar-refractivity contribution in [3.63, 3.8) is 0 Å². The number of halogens is 4. The van der Waals surface area contributed by atoms with Crippen molar-refractivity contribution in [2.24, 2.45) is 0 Å². The molecule has 2 aromatic carbocycles. The molecule has 0 aliphatic heterocycles. The third kappa shape index (κ3) is 7.79. The van der Waals surface area contributed by atoms with E-state index in [-0.39, 0.29) is 30.9 Å². The number of hydrogen-bond acceptors (Lipinski definition) is 4. The molecule has 0 atom stereocenters. The molecule has 0 radical (unpaired) electrons. The van der Waals surface area contributed by atoms with Gasteiger partial charge in [0.05, 0.1) is 10.6 Å². The molecule has 0 bridgehead atoms. The predicted molar refractivity (Wildman–Crippen MR) is 108 cm³/mol. The minimum atomic E-state index is -4.66. The summed E-state index contributed by atoms with van der Waals surface area (Å²) in [6.07, 6.45) is -4.34. The number of hydroxylamine groups is 1. The van der Waals surface area contributed by atoms with Crippen molar-refractivity contribution in [3.05, 3.63) is 53.1 Å². The van der Waals surface area contributed by atoms with Crippen LogP contribution in [-0.2, 0) is 15.8 Å². The molecular weight excluding hydrogens is 441 g/mol. The molecule has 0 heterocycles. The molecule has 0 fully saturated rings. The molecule has 0 aliphatic carbocycles. The van der Waals surface area contributed by atoms with Crippen molar-refractivity contribution < 1.29 is 32.8 Å². The van der Waals surface area contributed by atoms with Gasteiger partial charge in [-0.25, -0.2) is 10.3 Å². The standard InChI is InChI=1S/C19H18ClF3N4O4/c20-15-9-8-13(10-14(15)19(21,22)23)26-18(30)25-12-6-4-11(5-7-12)24-16(28)2-1-3-17(29)27-31/h4-10,31H,1-3H2,(H,24,28)(H,27,29)(H2,25,26,30). The third-order valence-corrected chi connectivity index (χ3v) is 4.22. The zero-order valence-corrected chi connectivity index (χ0v) is 16.6. The number of amides is 4. The largest absolute Gasteiger partial charge is 0.417 e. The first-order valence-corrected chi connectivity index (χ1v) is 9.24. The molecule has 2 rings (SSSR count). The number of benzene rings is 2. The van der Waals surface area contributed by atoms with Crippen LogP contribution in [0.5, 0.6) is 0 Å². The SMILES string of the molecule is O=C(CCCC(=O)Nc1ccc(NC(=O)Nc2ccc(Cl)c(C(F)(F)F)c2)cc1)NO. The van der Waals surface area contributed by atoms with E-state index in [4.69, 9.17) is 16.8 Å². The van der Waals surface area contributed by atoms with Gasteiger partial charge in [-0.1, -0.05) is 11.6 Å². The maximum atomic E-state index is 12.9. The molecule has 0 saturated heterocycles. The first kappa shape index (κ1) is 24.0. The van der Waals surface area contributed by atoms with Crippen LogP contribution in [0.2, 0.25) is 5.02 Å². The zero-order valence-electron chi connectivity index (χ0n) is 15.8. The second-order valence-corrected chi connectivity index (χ2v) is 6.69. The average Bonchev–Trinajstić information content (AvgIpc) is 2.70. The predicted octanol–water partition coefficient (Wildman–Crippen LogP) is 4.62. The van der Waals surface area contributed by atoms with Gasteiger partial charge in [-0.2, -0.15) is 13.2 Å². The minimum absolute atomic E-state index is 0.0000270. The lowest BCUT2D eigenvalue weighted by Gasteiger charge is -2.12. The van der Waals surface area contributed by atoms with Gasteiger partial charge in [-0.05, 0) is 48.9 Å². The highest BCUT2D eigenvalue weighted by Crippen LogP contribution is 2.36. The summed E-state index contributed by atoms with van der Waals surface area (Å²) in [5.41, 5.74) is 1.09. The molecule has 0 unspecified atom stereocenters. The van der Waals surface area contributed by atoms with Crippen LogP contribution >= 0.6 is 11.6 Å². The molecule has 4 amide bonds. The minimum Gasteiger partial charge on any atom is -0.326 e. The molecule has 0 saturated carbocycles. The maximum absolute atomic E-state index is 12.9. The van der Waals surface area contributed by atoms with Crippen molar-refractivity contribution >= 4 is 46.5 Å². The fourth-order valence-electron chi connectivity index (χ4n) is 2.44. The number of nitrogens with one attached hydrogen (secondary N) is 4. The van der Waals surface area contributed by atoms with E-state index in [2.05, 4.69) is 16.0 Å². The van der Waals surface area contributed by atoms with Gasteiger partial charge < -0.3 is 16.0 Å². The number of anilines is 3. The summed E-state index contributed by atoms with van der Waals surface area (Å²) in [4.78, 5) is 34.7. The van der Waals surface area contributed by atoms with Crippen molar-refractivity contribution in [3.8, 4) is 0 Å². The number of alkyl halides is 3. The maximum Gasteiger partial charge on any atom is 0.417 e. The topological polar surface area (TPSA) is 120 Å². The highest BCUT2D eigenvalue weighted by atomic mass is 35.5. The number of rotatable bonds is 7. The van der Waals surface area contributed by atoms with Crippen molar-refractivity contribution in [2.75, 3.05) is 16.0 Å². The van der Waals surface area contributed by atoms with Gasteiger partial charge in [0.1, 0.15) is 0 Å². The lowest BCUT2D eigenvalue weighted by Crippen LogP contribution is -2.20. The van der Waals surface area contributed by atoms with E-state index >= 15 is 0 Å². The van der Waals surface area contributed by atoms with Crippen LogP contribution in [-0.4, -0.2) is 23.1 Å². The Morgan fingerprint density at radius 1 is 0.839 bits per heavy atom. The third-order valence-electron chi connectivity index (χ3n) is 3.89. The Balaban J connectivity index is 1.88. The molecule has 31 heavy (non-hydrogen) atoms. The molecule has 12 heteroatoms. The summed E-state index contributed by atoms with van der Waals surface area (Å²) in [5, 5.41) is 15.2. The summed E-state index contributed by atoms with van der Waals surface area (Å²) < 4.78 is 38.7. The Hall–Kier alpha value is -3.31. The molecule has 8 nitrogen and oxygen atoms in total. The molecular formula is C19H18ClF3N4O4. The van der Waals surface area contributed by atoms with E-state index in [1.807, 2.05) is 0 Å². The van der Waals surface area contributed by atoms with E-state index in [1.165, 1.54) is 35.8 Å². The Morgan fingerprint density at radius 2 is 1.35 bits per heavy atom.